The Hall–Kier alpha value is -2.51. The van der Waals surface area contributed by atoms with Crippen LogP contribution in [0.3, 0.4) is 0 Å². The van der Waals surface area contributed by atoms with Gasteiger partial charge in [-0.2, -0.15) is 0 Å². The molecular weight excluding hydrogens is 238 g/mol. The maximum absolute atomic E-state index is 11.7. The molecule has 18 heavy (non-hydrogen) atoms. The summed E-state index contributed by atoms with van der Waals surface area (Å²) in [5.41, 5.74) is -1.41. The molecule has 0 aliphatic carbocycles. The van der Waals surface area contributed by atoms with E-state index in [1.165, 1.54) is 32.3 Å². The summed E-state index contributed by atoms with van der Waals surface area (Å²) in [5, 5.41) is 19.9. The number of carboxylic acids is 1. The number of tetrazole rings is 1. The highest BCUT2D eigenvalue weighted by atomic mass is 16.4. The Morgan fingerprint density at radius 1 is 1.50 bits per heavy atom. The summed E-state index contributed by atoms with van der Waals surface area (Å²) in [7, 11) is 0. The summed E-state index contributed by atoms with van der Waals surface area (Å²) in [6.07, 6.45) is 2.91. The van der Waals surface area contributed by atoms with Crippen LogP contribution in [0.5, 0.6) is 0 Å². The summed E-state index contributed by atoms with van der Waals surface area (Å²) < 4.78 is 1.11. The number of carboxylic acid groups (broad SMARTS) is 1. The van der Waals surface area contributed by atoms with E-state index in [0.717, 1.165) is 4.68 Å². The number of nitrogens with zero attached hydrogens (tertiary/aromatic N) is 4. The van der Waals surface area contributed by atoms with Crippen LogP contribution in [0.1, 0.15) is 13.8 Å². The third-order valence-corrected chi connectivity index (χ3v) is 2.59. The molecule has 2 N–H and O–H groups in total. The zero-order valence-corrected chi connectivity index (χ0v) is 9.78. The molecule has 2 aromatic heterocycles. The van der Waals surface area contributed by atoms with E-state index in [4.69, 9.17) is 5.11 Å². The average molecular weight is 249 g/mol. The maximum atomic E-state index is 11.7. The highest BCUT2D eigenvalue weighted by Crippen LogP contribution is 2.20. The Balaban J connectivity index is 2.63. The lowest BCUT2D eigenvalue weighted by atomic mass is 10.1. The van der Waals surface area contributed by atoms with Gasteiger partial charge in [0.25, 0.3) is 0 Å². The largest absolute Gasteiger partial charge is 0.479 e. The van der Waals surface area contributed by atoms with Crippen LogP contribution in [-0.2, 0) is 10.3 Å². The Morgan fingerprint density at radius 2 is 2.22 bits per heavy atom. The van der Waals surface area contributed by atoms with Gasteiger partial charge in [-0.15, -0.1) is 5.10 Å². The third-order valence-electron chi connectivity index (χ3n) is 2.59. The van der Waals surface area contributed by atoms with Gasteiger partial charge >= 0.3 is 5.97 Å². The molecule has 0 aliphatic heterocycles. The fraction of sp³-hybridized carbons (Fsp3) is 0.300. The first-order valence-electron chi connectivity index (χ1n) is 5.14. The van der Waals surface area contributed by atoms with Gasteiger partial charge in [0.1, 0.15) is 0 Å². The molecule has 94 valence electrons. The van der Waals surface area contributed by atoms with Crippen LogP contribution in [0, 0.1) is 0 Å². The standard InChI is InChI=1S/C10H11N5O3/c1-10(2,9(17)18)15-8(12-13-14-15)6-5-11-4-3-7(6)16/h3-5H,1-2H3,(H,11,16)(H,17,18). The Morgan fingerprint density at radius 3 is 2.83 bits per heavy atom. The van der Waals surface area contributed by atoms with Crippen LogP contribution in [-0.4, -0.2) is 36.3 Å². The minimum absolute atomic E-state index is 0.115. The minimum Gasteiger partial charge on any atom is -0.479 e. The maximum Gasteiger partial charge on any atom is 0.331 e. The molecule has 0 radical (unpaired) electrons. The molecule has 8 heteroatoms. The molecule has 0 saturated carbocycles. The summed E-state index contributed by atoms with van der Waals surface area (Å²) in [4.78, 5) is 25.6. The van der Waals surface area contributed by atoms with Gasteiger partial charge in [-0.25, -0.2) is 9.48 Å². The van der Waals surface area contributed by atoms with Crippen molar-refractivity contribution in [2.75, 3.05) is 0 Å². The normalized spacial score (nSPS) is 11.4. The number of carbonyl (C=O) groups is 1. The third kappa shape index (κ3) is 1.77. The van der Waals surface area contributed by atoms with Crippen LogP contribution in [0.4, 0.5) is 0 Å². The molecular formula is C10H11N5O3. The zero-order chi connectivity index (χ0) is 13.3. The first kappa shape index (κ1) is 12.0. The summed E-state index contributed by atoms with van der Waals surface area (Å²) in [5.74, 6) is -0.979. The van der Waals surface area contributed by atoms with E-state index in [1.807, 2.05) is 0 Å². The minimum atomic E-state index is -1.35. The van der Waals surface area contributed by atoms with Gasteiger partial charge in [0.05, 0.1) is 5.56 Å². The molecule has 0 saturated heterocycles. The Labute approximate surface area is 101 Å². The molecule has 0 unspecified atom stereocenters. The number of aromatic nitrogens is 5. The van der Waals surface area contributed by atoms with Crippen molar-refractivity contribution < 1.29 is 9.90 Å². The topological polar surface area (TPSA) is 114 Å². The predicted molar refractivity (Wildman–Crippen MR) is 60.8 cm³/mol. The Kier molecular flexibility index (Phi) is 2.70. The lowest BCUT2D eigenvalue weighted by molar-refractivity contribution is -0.146. The van der Waals surface area contributed by atoms with Crippen LogP contribution in [0.25, 0.3) is 11.4 Å². The van der Waals surface area contributed by atoms with Crippen molar-refractivity contribution in [2.24, 2.45) is 0 Å². The quantitative estimate of drug-likeness (QED) is 0.781. The second-order valence-electron chi connectivity index (χ2n) is 4.20. The second kappa shape index (κ2) is 4.06. The first-order chi connectivity index (χ1) is 8.44. The van der Waals surface area contributed by atoms with Crippen molar-refractivity contribution in [1.29, 1.82) is 0 Å². The van der Waals surface area contributed by atoms with Crippen molar-refractivity contribution in [3.8, 4) is 11.4 Å². The number of nitrogens with one attached hydrogen (secondary N) is 1. The smallest absolute Gasteiger partial charge is 0.331 e. The number of aromatic amines is 1. The monoisotopic (exact) mass is 249 g/mol. The van der Waals surface area contributed by atoms with Gasteiger partial charge in [0.15, 0.2) is 16.8 Å². The number of aliphatic carboxylic acids is 1. The predicted octanol–water partition coefficient (Wildman–Crippen LogP) is -0.152. The lowest BCUT2D eigenvalue weighted by Crippen LogP contribution is -2.37. The average Bonchev–Trinajstić information content (AvgIpc) is 2.78. The van der Waals surface area contributed by atoms with E-state index in [0.29, 0.717) is 0 Å². The molecule has 0 bridgehead atoms. The number of H-pyrrole nitrogens is 1. The number of pyridine rings is 1. The molecule has 0 spiro atoms. The first-order valence-corrected chi connectivity index (χ1v) is 5.14. The highest BCUT2D eigenvalue weighted by molar-refractivity contribution is 5.76. The van der Waals surface area contributed by atoms with Crippen molar-refractivity contribution in [1.82, 2.24) is 25.2 Å². The van der Waals surface area contributed by atoms with Gasteiger partial charge in [-0.3, -0.25) is 4.79 Å². The molecule has 2 aromatic rings. The fourth-order valence-electron chi connectivity index (χ4n) is 1.41. The van der Waals surface area contributed by atoms with Crippen LogP contribution in [0.15, 0.2) is 23.3 Å². The van der Waals surface area contributed by atoms with Gasteiger partial charge in [-0.1, -0.05) is 0 Å². The molecule has 2 heterocycles. The molecule has 0 atom stereocenters. The van der Waals surface area contributed by atoms with E-state index in [2.05, 4.69) is 20.5 Å². The second-order valence-corrected chi connectivity index (χ2v) is 4.20. The Bertz CT molecular complexity index is 643. The molecule has 8 nitrogen and oxygen atoms in total. The molecule has 0 fully saturated rings. The van der Waals surface area contributed by atoms with Gasteiger partial charge in [-0.05, 0) is 24.3 Å². The zero-order valence-electron chi connectivity index (χ0n) is 9.78. The van der Waals surface area contributed by atoms with Gasteiger partial charge < -0.3 is 10.1 Å². The van der Waals surface area contributed by atoms with Crippen molar-refractivity contribution in [3.05, 3.63) is 28.7 Å². The molecule has 0 amide bonds. The van der Waals surface area contributed by atoms with Gasteiger partial charge in [0.2, 0.25) is 0 Å². The fourth-order valence-corrected chi connectivity index (χ4v) is 1.41. The summed E-state index contributed by atoms with van der Waals surface area (Å²) in [6.45, 7) is 2.90. The number of hydrogen-bond acceptors (Lipinski definition) is 5. The van der Waals surface area contributed by atoms with Crippen LogP contribution in [0.2, 0.25) is 0 Å². The van der Waals surface area contributed by atoms with E-state index in [-0.39, 0.29) is 16.8 Å². The van der Waals surface area contributed by atoms with E-state index < -0.39 is 11.5 Å². The van der Waals surface area contributed by atoms with E-state index >= 15 is 0 Å². The van der Waals surface area contributed by atoms with Crippen molar-refractivity contribution >= 4 is 5.97 Å². The molecule has 2 rings (SSSR count). The number of rotatable bonds is 3. The van der Waals surface area contributed by atoms with E-state index in [1.54, 1.807) is 0 Å². The van der Waals surface area contributed by atoms with Crippen molar-refractivity contribution in [3.63, 3.8) is 0 Å². The molecule has 0 aromatic carbocycles. The van der Waals surface area contributed by atoms with E-state index in [9.17, 15) is 9.59 Å². The number of hydrogen-bond donors (Lipinski definition) is 2. The lowest BCUT2D eigenvalue weighted by Gasteiger charge is -2.20. The SMILES string of the molecule is CC(C)(C(=O)O)n1nnnc1-c1c[nH]ccc1=O. The summed E-state index contributed by atoms with van der Waals surface area (Å²) >= 11 is 0. The van der Waals surface area contributed by atoms with Crippen molar-refractivity contribution in [2.45, 2.75) is 19.4 Å². The van der Waals surface area contributed by atoms with Gasteiger partial charge in [0, 0.05) is 18.5 Å². The molecule has 0 aliphatic rings. The van der Waals surface area contributed by atoms with Crippen LogP contribution < -0.4 is 5.43 Å². The summed E-state index contributed by atoms with van der Waals surface area (Å²) in [6, 6.07) is 1.32. The highest BCUT2D eigenvalue weighted by Gasteiger charge is 2.34. The van der Waals surface area contributed by atoms with Crippen LogP contribution >= 0.6 is 0 Å².